The van der Waals surface area contributed by atoms with E-state index in [-0.39, 0.29) is 42.3 Å². The summed E-state index contributed by atoms with van der Waals surface area (Å²) in [5, 5.41) is 12.3. The van der Waals surface area contributed by atoms with E-state index in [0.717, 1.165) is 55.1 Å². The molecule has 5 aliphatic rings. The quantitative estimate of drug-likeness (QED) is 0.160. The second kappa shape index (κ2) is 18.5. The van der Waals surface area contributed by atoms with E-state index in [4.69, 9.17) is 4.74 Å². The smallest absolute Gasteiger partial charge is 0.255 e. The van der Waals surface area contributed by atoms with Gasteiger partial charge in [0.25, 0.3) is 5.91 Å². The van der Waals surface area contributed by atoms with E-state index in [1.807, 2.05) is 17.0 Å². The summed E-state index contributed by atoms with van der Waals surface area (Å²) in [6, 6.07) is 28.9. The molecule has 3 fully saturated rings. The Morgan fingerprint density at radius 3 is 2.26 bits per heavy atom. The van der Waals surface area contributed by atoms with Crippen molar-refractivity contribution in [1.29, 1.82) is 0 Å². The Bertz CT molecular complexity index is 2250. The molecule has 1 aliphatic carbocycles. The summed E-state index contributed by atoms with van der Waals surface area (Å²) in [5.41, 5.74) is 7.58. The van der Waals surface area contributed by atoms with Crippen molar-refractivity contribution in [2.45, 2.75) is 81.6 Å². The first-order chi connectivity index (χ1) is 29.6. The monoisotopic (exact) mass is 825 g/mol. The number of hydrogen-bond donors (Lipinski definition) is 2. The largest absolute Gasteiger partial charge is 0.508 e. The zero-order valence-electron chi connectivity index (χ0n) is 35.0. The molecule has 4 aromatic carbocycles. The molecule has 3 unspecified atom stereocenters. The van der Waals surface area contributed by atoms with Gasteiger partial charge in [-0.3, -0.25) is 34.3 Å². The van der Waals surface area contributed by atoms with Gasteiger partial charge in [-0.1, -0.05) is 48.5 Å². The topological polar surface area (TPSA) is 140 Å². The second-order valence-electron chi connectivity index (χ2n) is 17.3. The van der Waals surface area contributed by atoms with Crippen LogP contribution < -0.4 is 10.1 Å². The number of phenols is 1. The van der Waals surface area contributed by atoms with Crippen LogP contribution in [0.2, 0.25) is 0 Å². The minimum absolute atomic E-state index is 0.166. The van der Waals surface area contributed by atoms with E-state index in [1.165, 1.54) is 60.1 Å². The van der Waals surface area contributed by atoms with Gasteiger partial charge in [-0.15, -0.1) is 0 Å². The lowest BCUT2D eigenvalue weighted by Crippen LogP contribution is -2.59. The predicted octanol–water partition coefficient (Wildman–Crippen LogP) is 5.30. The van der Waals surface area contributed by atoms with Crippen LogP contribution in [-0.2, 0) is 33.9 Å². The predicted molar refractivity (Wildman–Crippen MR) is 231 cm³/mol. The van der Waals surface area contributed by atoms with Crippen LogP contribution in [0.15, 0.2) is 84.9 Å². The molecule has 9 rings (SSSR count). The van der Waals surface area contributed by atoms with E-state index < -0.39 is 17.9 Å². The Hall–Kier alpha value is -5.69. The molecule has 0 saturated carbocycles. The van der Waals surface area contributed by atoms with Crippen LogP contribution in [0.3, 0.4) is 0 Å². The molecule has 3 atom stereocenters. The van der Waals surface area contributed by atoms with E-state index in [9.17, 15) is 29.1 Å². The van der Waals surface area contributed by atoms with E-state index >= 15 is 0 Å². The fourth-order valence-corrected chi connectivity index (χ4v) is 9.87. The number of phenolic OH excluding ortho intramolecular Hbond substituents is 1. The number of imide groups is 1. The standard InChI is InChI=1S/C31H36N2O2.C18H19N3O5/c1-32-17-15-25(16-18-32)33-20-28(21-33)35-27-11-7-23(8-12-27)31-29(22-5-3-2-4-6-22)13-9-24-19-26(34)10-14-30(24)31;1-20(15-2-3-16(24)19-17(15)25)18(26)14-7-12-9-21(4-5-22)8-11(12)6-13(14)10-23/h2-8,10-12,14,19,25,28-29,31,34H,9,13,15-18,20-21H2,1H3;5-7,10,15H,2-4,8-9H2,1H3,(H,19,24,25). The highest BCUT2D eigenvalue weighted by Gasteiger charge is 2.37. The second-order valence-corrected chi connectivity index (χ2v) is 17.3. The van der Waals surface area contributed by atoms with Crippen molar-refractivity contribution >= 4 is 30.3 Å². The lowest BCUT2D eigenvalue weighted by molar-refractivity contribution is -0.136. The Balaban J connectivity index is 0.000000177. The van der Waals surface area contributed by atoms with Crippen molar-refractivity contribution in [1.82, 2.24) is 24.9 Å². The minimum atomic E-state index is -0.750. The van der Waals surface area contributed by atoms with Gasteiger partial charge in [0.15, 0.2) is 6.29 Å². The first-order valence-electron chi connectivity index (χ1n) is 21.5. The highest BCUT2D eigenvalue weighted by Crippen LogP contribution is 2.47. The molecule has 12 heteroatoms. The lowest BCUT2D eigenvalue weighted by Gasteiger charge is -2.46. The number of aryl methyl sites for hydroxylation is 1. The van der Waals surface area contributed by atoms with Gasteiger partial charge in [-0.25, -0.2) is 0 Å². The maximum atomic E-state index is 12.9. The number of carbonyl (C=O) groups is 5. The number of piperidine rings is 2. The Morgan fingerprint density at radius 2 is 1.57 bits per heavy atom. The number of carbonyl (C=O) groups excluding carboxylic acids is 5. The van der Waals surface area contributed by atoms with Crippen molar-refractivity contribution in [3.05, 3.63) is 129 Å². The van der Waals surface area contributed by atoms with Gasteiger partial charge >= 0.3 is 0 Å². The summed E-state index contributed by atoms with van der Waals surface area (Å²) in [6.07, 6.45) is 6.79. The Labute approximate surface area is 357 Å². The molecule has 4 aromatic rings. The fraction of sp³-hybridized carbons (Fsp3) is 0.408. The minimum Gasteiger partial charge on any atom is -0.508 e. The number of aromatic hydroxyl groups is 1. The molecule has 12 nitrogen and oxygen atoms in total. The van der Waals surface area contributed by atoms with Crippen LogP contribution in [0.25, 0.3) is 0 Å². The van der Waals surface area contributed by atoms with Gasteiger partial charge < -0.3 is 24.4 Å². The van der Waals surface area contributed by atoms with Gasteiger partial charge in [0.1, 0.15) is 29.9 Å². The number of amides is 3. The third-order valence-electron chi connectivity index (χ3n) is 13.3. The van der Waals surface area contributed by atoms with Crippen molar-refractivity contribution in [2.24, 2.45) is 0 Å². The van der Waals surface area contributed by atoms with Crippen molar-refractivity contribution in [3.8, 4) is 11.5 Å². The molecule has 3 saturated heterocycles. The van der Waals surface area contributed by atoms with E-state index in [1.54, 1.807) is 12.1 Å². The number of hydrogen-bond acceptors (Lipinski definition) is 10. The van der Waals surface area contributed by atoms with Gasteiger partial charge in [-0.05, 0) is 128 Å². The summed E-state index contributed by atoms with van der Waals surface area (Å²) in [7, 11) is 3.71. The number of likely N-dealkylation sites (tertiary alicyclic amines) is 2. The van der Waals surface area contributed by atoms with Crippen LogP contribution in [0.5, 0.6) is 11.5 Å². The zero-order valence-corrected chi connectivity index (χ0v) is 35.0. The molecule has 2 N–H and O–H groups in total. The van der Waals surface area contributed by atoms with Gasteiger partial charge in [-0.2, -0.15) is 0 Å². The molecular weight excluding hydrogens is 771 g/mol. The number of likely N-dealkylation sites (N-methyl/N-ethyl adjacent to an activating group) is 1. The number of ether oxygens (including phenoxy) is 1. The van der Waals surface area contributed by atoms with Crippen LogP contribution in [-0.4, -0.2) is 120 Å². The van der Waals surface area contributed by atoms with Crippen LogP contribution in [0.4, 0.5) is 0 Å². The number of aldehydes is 2. The average Bonchev–Trinajstić information content (AvgIpc) is 3.66. The summed E-state index contributed by atoms with van der Waals surface area (Å²) in [4.78, 5) is 66.6. The van der Waals surface area contributed by atoms with E-state index in [0.29, 0.717) is 37.1 Å². The third kappa shape index (κ3) is 9.31. The molecule has 4 aliphatic heterocycles. The summed E-state index contributed by atoms with van der Waals surface area (Å²) >= 11 is 0. The third-order valence-corrected chi connectivity index (χ3v) is 13.3. The Kier molecular flexibility index (Phi) is 12.8. The Morgan fingerprint density at radius 1 is 0.852 bits per heavy atom. The average molecular weight is 826 g/mol. The lowest BCUT2D eigenvalue weighted by atomic mass is 9.69. The first kappa shape index (κ1) is 42.0. The summed E-state index contributed by atoms with van der Waals surface area (Å²) in [5.74, 6) is 0.725. The molecular formula is C49H55N5O7. The van der Waals surface area contributed by atoms with Crippen molar-refractivity contribution in [2.75, 3.05) is 46.8 Å². The van der Waals surface area contributed by atoms with Gasteiger partial charge in [0.2, 0.25) is 11.8 Å². The molecule has 4 heterocycles. The maximum absolute atomic E-state index is 12.9. The van der Waals surface area contributed by atoms with Crippen LogP contribution >= 0.6 is 0 Å². The molecule has 0 spiro atoms. The first-order valence-corrected chi connectivity index (χ1v) is 21.5. The number of fused-ring (bicyclic) bond motifs is 2. The number of nitrogens with one attached hydrogen (secondary N) is 1. The van der Waals surface area contributed by atoms with Gasteiger partial charge in [0.05, 0.1) is 12.1 Å². The molecule has 3 amide bonds. The summed E-state index contributed by atoms with van der Waals surface area (Å²) in [6.45, 7) is 5.87. The molecule has 61 heavy (non-hydrogen) atoms. The normalized spacial score (nSPS) is 22.2. The number of benzene rings is 4. The molecule has 318 valence electrons. The zero-order chi connectivity index (χ0) is 42.6. The van der Waals surface area contributed by atoms with Crippen LogP contribution in [0.1, 0.15) is 98.0 Å². The summed E-state index contributed by atoms with van der Waals surface area (Å²) < 4.78 is 6.35. The highest BCUT2D eigenvalue weighted by molar-refractivity contribution is 6.06. The molecule has 0 bridgehead atoms. The van der Waals surface area contributed by atoms with Gasteiger partial charge in [0, 0.05) is 57.2 Å². The highest BCUT2D eigenvalue weighted by atomic mass is 16.5. The maximum Gasteiger partial charge on any atom is 0.255 e. The van der Waals surface area contributed by atoms with Crippen molar-refractivity contribution in [3.63, 3.8) is 0 Å². The van der Waals surface area contributed by atoms with Crippen LogP contribution in [0, 0.1) is 0 Å². The molecule has 0 radical (unpaired) electrons. The number of rotatable bonds is 10. The SMILES string of the molecule is CN(C(=O)c1cc2c(cc1C=O)CN(CC=O)C2)C1CCC(=O)NC1=O.CN1CCC(N2CC(Oc3ccc(C4c5ccc(O)cc5CCC4c4ccccc4)cc3)C2)CC1. The fourth-order valence-electron chi connectivity index (χ4n) is 9.87. The van der Waals surface area contributed by atoms with E-state index in [2.05, 4.69) is 82.8 Å². The number of nitrogens with zero attached hydrogens (tertiary/aromatic N) is 4. The molecule has 0 aromatic heterocycles. The van der Waals surface area contributed by atoms with Crippen molar-refractivity contribution < 1.29 is 33.8 Å².